The minimum atomic E-state index is -0.490. The van der Waals surface area contributed by atoms with Crippen LogP contribution >= 0.6 is 0 Å². The molecule has 8 heteroatoms. The van der Waals surface area contributed by atoms with Crippen molar-refractivity contribution in [2.75, 3.05) is 18.0 Å². The average molecular weight is 301 g/mol. The van der Waals surface area contributed by atoms with E-state index >= 15 is 0 Å². The summed E-state index contributed by atoms with van der Waals surface area (Å²) >= 11 is 0. The SMILES string of the molecule is O=[N+]([O-])c1c(Oc2cccnc2)ncnc1N1CCCCC1. The van der Waals surface area contributed by atoms with Gasteiger partial charge < -0.3 is 9.64 Å². The van der Waals surface area contributed by atoms with Crippen LogP contribution in [0.15, 0.2) is 30.9 Å². The zero-order chi connectivity index (χ0) is 15.4. The Morgan fingerprint density at radius 1 is 1.23 bits per heavy atom. The van der Waals surface area contributed by atoms with E-state index in [-0.39, 0.29) is 11.6 Å². The number of pyridine rings is 1. The van der Waals surface area contributed by atoms with Crippen molar-refractivity contribution in [3.05, 3.63) is 41.0 Å². The zero-order valence-electron chi connectivity index (χ0n) is 11.9. The van der Waals surface area contributed by atoms with E-state index in [1.54, 1.807) is 18.3 Å². The van der Waals surface area contributed by atoms with E-state index in [1.165, 1.54) is 12.5 Å². The van der Waals surface area contributed by atoms with Gasteiger partial charge in [-0.25, -0.2) is 4.98 Å². The Labute approximate surface area is 126 Å². The number of anilines is 1. The van der Waals surface area contributed by atoms with Gasteiger partial charge in [-0.05, 0) is 31.4 Å². The molecule has 1 fully saturated rings. The molecule has 8 nitrogen and oxygen atoms in total. The molecule has 3 rings (SSSR count). The molecule has 3 heterocycles. The molecule has 1 aliphatic rings. The molecular weight excluding hydrogens is 286 g/mol. The van der Waals surface area contributed by atoms with Crippen LogP contribution in [0.25, 0.3) is 0 Å². The van der Waals surface area contributed by atoms with E-state index in [1.807, 2.05) is 4.90 Å². The van der Waals surface area contributed by atoms with E-state index in [2.05, 4.69) is 15.0 Å². The summed E-state index contributed by atoms with van der Waals surface area (Å²) in [7, 11) is 0. The molecule has 1 aliphatic heterocycles. The van der Waals surface area contributed by atoms with Crippen LogP contribution < -0.4 is 9.64 Å². The fourth-order valence-corrected chi connectivity index (χ4v) is 2.44. The molecule has 0 atom stereocenters. The number of hydrogen-bond acceptors (Lipinski definition) is 7. The molecule has 0 spiro atoms. The highest BCUT2D eigenvalue weighted by molar-refractivity contribution is 5.63. The first kappa shape index (κ1) is 14.2. The first-order valence-electron chi connectivity index (χ1n) is 7.08. The summed E-state index contributed by atoms with van der Waals surface area (Å²) in [5.74, 6) is 0.654. The Morgan fingerprint density at radius 3 is 2.73 bits per heavy atom. The molecule has 0 aliphatic carbocycles. The molecule has 0 saturated carbocycles. The van der Waals surface area contributed by atoms with Gasteiger partial charge in [-0.15, -0.1) is 0 Å². The maximum atomic E-state index is 11.5. The molecule has 0 unspecified atom stereocenters. The predicted molar refractivity (Wildman–Crippen MR) is 79.1 cm³/mol. The summed E-state index contributed by atoms with van der Waals surface area (Å²) in [5.41, 5.74) is -0.201. The zero-order valence-corrected chi connectivity index (χ0v) is 11.9. The van der Waals surface area contributed by atoms with Gasteiger partial charge in [0, 0.05) is 19.3 Å². The average Bonchev–Trinajstić information content (AvgIpc) is 2.56. The van der Waals surface area contributed by atoms with Gasteiger partial charge >= 0.3 is 11.6 Å². The Kier molecular flexibility index (Phi) is 4.08. The summed E-state index contributed by atoms with van der Waals surface area (Å²) in [5, 5.41) is 11.5. The normalized spacial score (nSPS) is 14.6. The fourth-order valence-electron chi connectivity index (χ4n) is 2.44. The van der Waals surface area contributed by atoms with Crippen molar-refractivity contribution < 1.29 is 9.66 Å². The van der Waals surface area contributed by atoms with Crippen LogP contribution in [0.2, 0.25) is 0 Å². The number of piperidine rings is 1. The molecule has 114 valence electrons. The third-order valence-corrected chi connectivity index (χ3v) is 3.46. The molecule has 0 N–H and O–H groups in total. The third-order valence-electron chi connectivity index (χ3n) is 3.46. The summed E-state index contributed by atoms with van der Waals surface area (Å²) < 4.78 is 5.52. The molecule has 22 heavy (non-hydrogen) atoms. The molecule has 2 aromatic rings. The molecule has 0 aromatic carbocycles. The van der Waals surface area contributed by atoms with E-state index < -0.39 is 4.92 Å². The summed E-state index contributed by atoms with van der Waals surface area (Å²) in [6.45, 7) is 1.51. The lowest BCUT2D eigenvalue weighted by Crippen LogP contribution is -2.30. The molecule has 2 aromatic heterocycles. The standard InChI is InChI=1S/C14H15N5O3/c20-19(21)12-13(18-7-2-1-3-8-18)16-10-17-14(12)22-11-5-4-6-15-9-11/h4-6,9-10H,1-3,7-8H2. The quantitative estimate of drug-likeness (QED) is 0.632. The van der Waals surface area contributed by atoms with Gasteiger partial charge in [0.15, 0.2) is 0 Å². The van der Waals surface area contributed by atoms with Gasteiger partial charge in [-0.3, -0.25) is 15.1 Å². The van der Waals surface area contributed by atoms with Gasteiger partial charge in [-0.2, -0.15) is 4.98 Å². The molecule has 0 bridgehead atoms. The van der Waals surface area contributed by atoms with E-state index in [0.29, 0.717) is 11.6 Å². The van der Waals surface area contributed by atoms with E-state index in [9.17, 15) is 10.1 Å². The van der Waals surface area contributed by atoms with Crippen molar-refractivity contribution in [3.8, 4) is 11.6 Å². The lowest BCUT2D eigenvalue weighted by Gasteiger charge is -2.27. The van der Waals surface area contributed by atoms with Gasteiger partial charge in [0.1, 0.15) is 12.1 Å². The number of nitro groups is 1. The Hall–Kier alpha value is -2.77. The predicted octanol–water partition coefficient (Wildman–Crippen LogP) is 2.56. The lowest BCUT2D eigenvalue weighted by atomic mass is 10.1. The highest BCUT2D eigenvalue weighted by Gasteiger charge is 2.29. The van der Waals surface area contributed by atoms with Crippen LogP contribution in [0.3, 0.4) is 0 Å². The van der Waals surface area contributed by atoms with Crippen molar-refractivity contribution in [1.29, 1.82) is 0 Å². The van der Waals surface area contributed by atoms with Crippen LogP contribution in [0.5, 0.6) is 11.6 Å². The van der Waals surface area contributed by atoms with Gasteiger partial charge in [0.25, 0.3) is 0 Å². The minimum Gasteiger partial charge on any atom is -0.432 e. The minimum absolute atomic E-state index is 0.0615. The van der Waals surface area contributed by atoms with Crippen molar-refractivity contribution in [2.24, 2.45) is 0 Å². The maximum absolute atomic E-state index is 11.5. The van der Waals surface area contributed by atoms with Gasteiger partial charge in [-0.1, -0.05) is 0 Å². The molecule has 1 saturated heterocycles. The fraction of sp³-hybridized carbons (Fsp3) is 0.357. The third kappa shape index (κ3) is 2.95. The second-order valence-electron chi connectivity index (χ2n) is 4.95. The largest absolute Gasteiger partial charge is 0.432 e. The first-order valence-corrected chi connectivity index (χ1v) is 7.08. The Morgan fingerprint density at radius 2 is 2.05 bits per heavy atom. The number of rotatable bonds is 4. The number of hydrogen-bond donors (Lipinski definition) is 0. The van der Waals surface area contributed by atoms with Crippen molar-refractivity contribution in [3.63, 3.8) is 0 Å². The molecule has 0 amide bonds. The van der Waals surface area contributed by atoms with Crippen LogP contribution in [0.1, 0.15) is 19.3 Å². The second kappa shape index (κ2) is 6.33. The summed E-state index contributed by atoms with van der Waals surface area (Å²) in [4.78, 5) is 24.8. The Balaban J connectivity index is 1.97. The van der Waals surface area contributed by atoms with Crippen molar-refractivity contribution in [2.45, 2.75) is 19.3 Å². The number of nitrogens with zero attached hydrogens (tertiary/aromatic N) is 5. The van der Waals surface area contributed by atoms with Gasteiger partial charge in [0.2, 0.25) is 5.82 Å². The summed E-state index contributed by atoms with van der Waals surface area (Å²) in [6.07, 6.45) is 7.50. The molecule has 0 radical (unpaired) electrons. The van der Waals surface area contributed by atoms with Crippen LogP contribution in [0, 0.1) is 10.1 Å². The van der Waals surface area contributed by atoms with E-state index in [4.69, 9.17) is 4.74 Å². The highest BCUT2D eigenvalue weighted by Crippen LogP contribution is 2.36. The summed E-state index contributed by atoms with van der Waals surface area (Å²) in [6, 6.07) is 3.35. The number of ether oxygens (including phenoxy) is 1. The van der Waals surface area contributed by atoms with Crippen molar-refractivity contribution >= 4 is 11.5 Å². The topological polar surface area (TPSA) is 94.3 Å². The molecular formula is C14H15N5O3. The first-order chi connectivity index (χ1) is 10.8. The van der Waals surface area contributed by atoms with Gasteiger partial charge in [0.05, 0.1) is 11.1 Å². The highest BCUT2D eigenvalue weighted by atomic mass is 16.6. The maximum Gasteiger partial charge on any atom is 0.373 e. The second-order valence-corrected chi connectivity index (χ2v) is 4.95. The van der Waals surface area contributed by atoms with E-state index in [0.717, 1.165) is 32.4 Å². The smallest absolute Gasteiger partial charge is 0.373 e. The monoisotopic (exact) mass is 301 g/mol. The lowest BCUT2D eigenvalue weighted by molar-refractivity contribution is -0.385. The van der Waals surface area contributed by atoms with Crippen LogP contribution in [-0.2, 0) is 0 Å². The number of aromatic nitrogens is 3. The van der Waals surface area contributed by atoms with Crippen molar-refractivity contribution in [1.82, 2.24) is 15.0 Å². The van der Waals surface area contributed by atoms with Crippen LogP contribution in [0.4, 0.5) is 11.5 Å². The Bertz CT molecular complexity index is 659. The van der Waals surface area contributed by atoms with Crippen LogP contribution in [-0.4, -0.2) is 33.0 Å².